The van der Waals surface area contributed by atoms with Gasteiger partial charge < -0.3 is 4.90 Å². The van der Waals surface area contributed by atoms with Gasteiger partial charge in [-0.15, -0.1) is 0 Å². The maximum absolute atomic E-state index is 12.5. The second-order valence-electron chi connectivity index (χ2n) is 5.35. The summed E-state index contributed by atoms with van der Waals surface area (Å²) in [7, 11) is 0. The lowest BCUT2D eigenvalue weighted by Gasteiger charge is -2.33. The molecule has 1 aromatic heterocycles. The van der Waals surface area contributed by atoms with Gasteiger partial charge in [-0.1, -0.05) is 25.1 Å². The molecule has 1 aromatic carbocycles. The van der Waals surface area contributed by atoms with E-state index in [-0.39, 0.29) is 5.91 Å². The van der Waals surface area contributed by atoms with Gasteiger partial charge in [0.25, 0.3) is 0 Å². The summed E-state index contributed by atoms with van der Waals surface area (Å²) in [5, 5.41) is 4.03. The van der Waals surface area contributed by atoms with Gasteiger partial charge in [0.1, 0.15) is 12.7 Å². The van der Waals surface area contributed by atoms with Crippen molar-refractivity contribution in [3.8, 4) is 0 Å². The zero-order valence-electron chi connectivity index (χ0n) is 11.6. The maximum atomic E-state index is 12.5. The fourth-order valence-electron chi connectivity index (χ4n) is 2.73. The monoisotopic (exact) mass is 270 g/mol. The maximum Gasteiger partial charge on any atom is 0.228 e. The molecule has 0 N–H and O–H groups in total. The Bertz CT molecular complexity index is 594. The Morgan fingerprint density at radius 3 is 3.05 bits per heavy atom. The van der Waals surface area contributed by atoms with E-state index in [1.165, 1.54) is 11.9 Å². The lowest BCUT2D eigenvalue weighted by molar-refractivity contribution is -0.119. The van der Waals surface area contributed by atoms with E-state index in [1.807, 2.05) is 23.1 Å². The fourth-order valence-corrected chi connectivity index (χ4v) is 2.73. The summed E-state index contributed by atoms with van der Waals surface area (Å²) >= 11 is 0. The van der Waals surface area contributed by atoms with Crippen molar-refractivity contribution >= 4 is 11.6 Å². The predicted molar refractivity (Wildman–Crippen MR) is 76.3 cm³/mol. The number of para-hydroxylation sites is 1. The average Bonchev–Trinajstić information content (AvgIpc) is 2.97. The lowest BCUT2D eigenvalue weighted by Crippen LogP contribution is -2.39. The molecule has 2 heterocycles. The molecule has 1 atom stereocenters. The molecule has 1 amide bonds. The Balaban J connectivity index is 1.74. The fraction of sp³-hybridized carbons (Fsp3) is 0.400. The molecule has 1 aliphatic rings. The number of fused-ring (bicyclic) bond motifs is 1. The molecule has 1 unspecified atom stereocenters. The van der Waals surface area contributed by atoms with E-state index in [4.69, 9.17) is 0 Å². The Morgan fingerprint density at radius 1 is 1.40 bits per heavy atom. The quantitative estimate of drug-likeness (QED) is 0.856. The van der Waals surface area contributed by atoms with Gasteiger partial charge in [-0.2, -0.15) is 5.10 Å². The van der Waals surface area contributed by atoms with E-state index < -0.39 is 0 Å². The Hall–Kier alpha value is -2.17. The molecule has 3 rings (SSSR count). The summed E-state index contributed by atoms with van der Waals surface area (Å²) in [4.78, 5) is 18.3. The molecule has 0 radical (unpaired) electrons. The van der Waals surface area contributed by atoms with Crippen LogP contribution in [0.1, 0.15) is 18.9 Å². The van der Waals surface area contributed by atoms with Gasteiger partial charge in [-0.3, -0.25) is 9.48 Å². The van der Waals surface area contributed by atoms with Crippen molar-refractivity contribution in [1.82, 2.24) is 14.8 Å². The summed E-state index contributed by atoms with van der Waals surface area (Å²) in [6.45, 7) is 3.56. The molecule has 104 valence electrons. The SMILES string of the molecule is CC1Cc2ccccc2N(C(=O)CCn2cncn2)C1. The van der Waals surface area contributed by atoms with Crippen molar-refractivity contribution in [3.05, 3.63) is 42.5 Å². The summed E-state index contributed by atoms with van der Waals surface area (Å²) in [6, 6.07) is 8.18. The van der Waals surface area contributed by atoms with Crippen LogP contribution in [0.15, 0.2) is 36.9 Å². The minimum atomic E-state index is 0.152. The van der Waals surface area contributed by atoms with E-state index in [1.54, 1.807) is 11.0 Å². The third-order valence-corrected chi connectivity index (χ3v) is 3.67. The number of aromatic nitrogens is 3. The number of hydrogen-bond donors (Lipinski definition) is 0. The van der Waals surface area contributed by atoms with E-state index in [0.29, 0.717) is 18.9 Å². The van der Waals surface area contributed by atoms with E-state index >= 15 is 0 Å². The number of hydrogen-bond acceptors (Lipinski definition) is 3. The number of carbonyl (C=O) groups excluding carboxylic acids is 1. The van der Waals surface area contributed by atoms with Crippen molar-refractivity contribution < 1.29 is 4.79 Å². The molecule has 0 saturated heterocycles. The largest absolute Gasteiger partial charge is 0.312 e. The van der Waals surface area contributed by atoms with Crippen molar-refractivity contribution in [1.29, 1.82) is 0 Å². The molecule has 0 bridgehead atoms. The first-order valence-electron chi connectivity index (χ1n) is 6.94. The highest BCUT2D eigenvalue weighted by molar-refractivity contribution is 5.94. The van der Waals surface area contributed by atoms with Crippen LogP contribution in [0.2, 0.25) is 0 Å². The van der Waals surface area contributed by atoms with E-state index in [2.05, 4.69) is 23.1 Å². The van der Waals surface area contributed by atoms with Crippen molar-refractivity contribution in [2.24, 2.45) is 5.92 Å². The number of anilines is 1. The highest BCUT2D eigenvalue weighted by atomic mass is 16.2. The van der Waals surface area contributed by atoms with Crippen molar-refractivity contribution in [2.75, 3.05) is 11.4 Å². The summed E-state index contributed by atoms with van der Waals surface area (Å²) in [5.74, 6) is 0.653. The molecule has 0 fully saturated rings. The van der Waals surface area contributed by atoms with Crippen LogP contribution in [0.4, 0.5) is 5.69 Å². The van der Waals surface area contributed by atoms with Crippen LogP contribution in [-0.4, -0.2) is 27.2 Å². The van der Waals surface area contributed by atoms with Gasteiger partial charge in [0.2, 0.25) is 5.91 Å². The highest BCUT2D eigenvalue weighted by Crippen LogP contribution is 2.29. The first kappa shape index (κ1) is 12.8. The summed E-state index contributed by atoms with van der Waals surface area (Å²) in [5.41, 5.74) is 2.33. The highest BCUT2D eigenvalue weighted by Gasteiger charge is 2.25. The van der Waals surface area contributed by atoms with Crippen LogP contribution in [0, 0.1) is 5.92 Å². The zero-order chi connectivity index (χ0) is 13.9. The zero-order valence-corrected chi connectivity index (χ0v) is 11.6. The van der Waals surface area contributed by atoms with Crippen LogP contribution < -0.4 is 4.90 Å². The predicted octanol–water partition coefficient (Wildman–Crippen LogP) is 1.89. The van der Waals surface area contributed by atoms with Crippen LogP contribution in [0.5, 0.6) is 0 Å². The Kier molecular flexibility index (Phi) is 3.50. The number of aryl methyl sites for hydroxylation is 1. The summed E-state index contributed by atoms with van der Waals surface area (Å²) in [6.07, 6.45) is 4.62. The van der Waals surface area contributed by atoms with Gasteiger partial charge in [-0.05, 0) is 24.0 Å². The molecule has 0 spiro atoms. The van der Waals surface area contributed by atoms with Gasteiger partial charge in [0, 0.05) is 18.7 Å². The minimum Gasteiger partial charge on any atom is -0.312 e. The van der Waals surface area contributed by atoms with Crippen molar-refractivity contribution in [3.63, 3.8) is 0 Å². The van der Waals surface area contributed by atoms with Gasteiger partial charge in [-0.25, -0.2) is 4.98 Å². The Labute approximate surface area is 118 Å². The van der Waals surface area contributed by atoms with Gasteiger partial charge in [0.15, 0.2) is 0 Å². The number of rotatable bonds is 3. The second kappa shape index (κ2) is 5.45. The second-order valence-corrected chi connectivity index (χ2v) is 5.35. The number of amides is 1. The first-order chi connectivity index (χ1) is 9.74. The standard InChI is InChI=1S/C15H18N4O/c1-12-8-13-4-2-3-5-14(13)19(9-12)15(20)6-7-18-11-16-10-17-18/h2-5,10-12H,6-9H2,1H3. The minimum absolute atomic E-state index is 0.152. The topological polar surface area (TPSA) is 51.0 Å². The molecule has 20 heavy (non-hydrogen) atoms. The molecule has 1 aliphatic heterocycles. The van der Waals surface area contributed by atoms with Crippen LogP contribution in [-0.2, 0) is 17.8 Å². The van der Waals surface area contributed by atoms with Gasteiger partial charge >= 0.3 is 0 Å². The molecular formula is C15H18N4O. The molecule has 0 saturated carbocycles. The van der Waals surface area contributed by atoms with Crippen LogP contribution in [0.3, 0.4) is 0 Å². The average molecular weight is 270 g/mol. The molecular weight excluding hydrogens is 252 g/mol. The van der Waals surface area contributed by atoms with E-state index in [9.17, 15) is 4.79 Å². The number of carbonyl (C=O) groups is 1. The third-order valence-electron chi connectivity index (χ3n) is 3.67. The first-order valence-corrected chi connectivity index (χ1v) is 6.94. The van der Waals surface area contributed by atoms with Crippen LogP contribution in [0.25, 0.3) is 0 Å². The number of benzene rings is 1. The smallest absolute Gasteiger partial charge is 0.228 e. The molecule has 2 aromatic rings. The molecule has 0 aliphatic carbocycles. The molecule has 5 nitrogen and oxygen atoms in total. The number of nitrogens with zero attached hydrogens (tertiary/aromatic N) is 4. The van der Waals surface area contributed by atoms with E-state index in [0.717, 1.165) is 18.7 Å². The van der Waals surface area contributed by atoms with Crippen LogP contribution >= 0.6 is 0 Å². The Morgan fingerprint density at radius 2 is 2.25 bits per heavy atom. The van der Waals surface area contributed by atoms with Crippen molar-refractivity contribution in [2.45, 2.75) is 26.3 Å². The summed E-state index contributed by atoms with van der Waals surface area (Å²) < 4.78 is 1.69. The molecule has 5 heteroatoms. The van der Waals surface area contributed by atoms with Gasteiger partial charge in [0.05, 0.1) is 6.54 Å². The lowest BCUT2D eigenvalue weighted by atomic mass is 9.93. The normalized spacial score (nSPS) is 17.9. The third kappa shape index (κ3) is 2.57.